The first kappa shape index (κ1) is 15.8. The van der Waals surface area contributed by atoms with Gasteiger partial charge in [0.25, 0.3) is 5.91 Å². The number of carbonyl (C=O) groups excluding carboxylic acids is 1. The van der Waals surface area contributed by atoms with Crippen molar-refractivity contribution in [3.63, 3.8) is 0 Å². The average molecular weight is 356 g/mol. The fourth-order valence-corrected chi connectivity index (χ4v) is 2.83. The number of carboxylic acids is 1. The van der Waals surface area contributed by atoms with Crippen LogP contribution in [0.25, 0.3) is 0 Å². The van der Waals surface area contributed by atoms with Gasteiger partial charge in [-0.05, 0) is 46.8 Å². The molecule has 114 valence electrons. The number of aliphatic carboxylic acids is 1. The van der Waals surface area contributed by atoms with Gasteiger partial charge in [-0.25, -0.2) is 0 Å². The highest BCUT2D eigenvalue weighted by Gasteiger charge is 2.24. The summed E-state index contributed by atoms with van der Waals surface area (Å²) in [6, 6.07) is 7.39. The van der Waals surface area contributed by atoms with Gasteiger partial charge >= 0.3 is 5.97 Å². The molecule has 0 aromatic heterocycles. The van der Waals surface area contributed by atoms with E-state index in [1.807, 2.05) is 18.2 Å². The standard InChI is InChI=1S/C15H18BrNO4/c16-12-3-1-2-4-13(12)21-10-14(18)17-7-5-11(6-8-17)9-15(19)20/h1-4,11H,5-10H2,(H,19,20). The van der Waals surface area contributed by atoms with Crippen LogP contribution in [0.4, 0.5) is 0 Å². The van der Waals surface area contributed by atoms with Crippen molar-refractivity contribution in [1.82, 2.24) is 4.90 Å². The van der Waals surface area contributed by atoms with Crippen molar-refractivity contribution < 1.29 is 19.4 Å². The summed E-state index contributed by atoms with van der Waals surface area (Å²) in [6.45, 7) is 1.22. The van der Waals surface area contributed by atoms with E-state index in [9.17, 15) is 9.59 Å². The number of carbonyl (C=O) groups is 2. The SMILES string of the molecule is O=C(O)CC1CCN(C(=O)COc2ccccc2Br)CC1. The molecule has 0 aliphatic carbocycles. The van der Waals surface area contributed by atoms with Crippen LogP contribution in [-0.2, 0) is 9.59 Å². The Labute approximate surface area is 132 Å². The molecule has 1 N–H and O–H groups in total. The number of carboxylic acid groups (broad SMARTS) is 1. The minimum absolute atomic E-state index is 0.00616. The van der Waals surface area contributed by atoms with Crippen molar-refractivity contribution in [3.8, 4) is 5.75 Å². The van der Waals surface area contributed by atoms with E-state index < -0.39 is 5.97 Å². The Morgan fingerprint density at radius 2 is 1.95 bits per heavy atom. The van der Waals surface area contributed by atoms with Crippen molar-refractivity contribution in [2.24, 2.45) is 5.92 Å². The third-order valence-corrected chi connectivity index (χ3v) is 4.27. The zero-order chi connectivity index (χ0) is 15.2. The third-order valence-electron chi connectivity index (χ3n) is 3.62. The molecular weight excluding hydrogens is 338 g/mol. The topological polar surface area (TPSA) is 66.8 Å². The smallest absolute Gasteiger partial charge is 0.303 e. The van der Waals surface area contributed by atoms with E-state index in [1.165, 1.54) is 0 Å². The first-order chi connectivity index (χ1) is 10.1. The number of hydrogen-bond acceptors (Lipinski definition) is 3. The van der Waals surface area contributed by atoms with Crippen molar-refractivity contribution >= 4 is 27.8 Å². The maximum absolute atomic E-state index is 12.1. The molecule has 5 nitrogen and oxygen atoms in total. The molecule has 0 spiro atoms. The van der Waals surface area contributed by atoms with Gasteiger partial charge in [0.15, 0.2) is 6.61 Å². The first-order valence-corrected chi connectivity index (χ1v) is 7.72. The van der Waals surface area contributed by atoms with Crippen LogP contribution in [0.5, 0.6) is 5.75 Å². The molecule has 1 amide bonds. The van der Waals surface area contributed by atoms with Gasteiger partial charge in [-0.3, -0.25) is 9.59 Å². The fourth-order valence-electron chi connectivity index (χ4n) is 2.43. The molecular formula is C15H18BrNO4. The summed E-state index contributed by atoms with van der Waals surface area (Å²) in [7, 11) is 0. The number of piperidine rings is 1. The van der Waals surface area contributed by atoms with Gasteiger partial charge in [-0.15, -0.1) is 0 Å². The van der Waals surface area contributed by atoms with Crippen LogP contribution in [0.15, 0.2) is 28.7 Å². The minimum atomic E-state index is -0.767. The Balaban J connectivity index is 1.77. The zero-order valence-corrected chi connectivity index (χ0v) is 13.2. The van der Waals surface area contributed by atoms with Gasteiger partial charge < -0.3 is 14.7 Å². The van der Waals surface area contributed by atoms with E-state index in [0.29, 0.717) is 18.8 Å². The molecule has 1 aliphatic rings. The van der Waals surface area contributed by atoms with Crippen LogP contribution in [0.1, 0.15) is 19.3 Å². The maximum atomic E-state index is 12.1. The lowest BCUT2D eigenvalue weighted by Gasteiger charge is -2.31. The van der Waals surface area contributed by atoms with Crippen molar-refractivity contribution in [1.29, 1.82) is 0 Å². The van der Waals surface area contributed by atoms with Crippen LogP contribution in [0, 0.1) is 5.92 Å². The highest BCUT2D eigenvalue weighted by Crippen LogP contribution is 2.24. The summed E-state index contributed by atoms with van der Waals surface area (Å²) in [6.07, 6.45) is 1.68. The summed E-state index contributed by atoms with van der Waals surface area (Å²) < 4.78 is 6.33. The largest absolute Gasteiger partial charge is 0.483 e. The van der Waals surface area contributed by atoms with Gasteiger partial charge in [-0.2, -0.15) is 0 Å². The molecule has 2 rings (SSSR count). The normalized spacial score (nSPS) is 15.8. The fraction of sp³-hybridized carbons (Fsp3) is 0.467. The number of rotatable bonds is 5. The molecule has 1 aromatic rings. The summed E-state index contributed by atoms with van der Waals surface area (Å²) in [5, 5.41) is 8.77. The van der Waals surface area contributed by atoms with Crippen LogP contribution in [0.3, 0.4) is 0 Å². The Morgan fingerprint density at radius 1 is 1.29 bits per heavy atom. The highest BCUT2D eigenvalue weighted by atomic mass is 79.9. The molecule has 0 bridgehead atoms. The van der Waals surface area contributed by atoms with Crippen LogP contribution < -0.4 is 4.74 Å². The van der Waals surface area contributed by atoms with Crippen molar-refractivity contribution in [3.05, 3.63) is 28.7 Å². The van der Waals surface area contributed by atoms with Gasteiger partial charge in [-0.1, -0.05) is 12.1 Å². The number of nitrogens with zero attached hydrogens (tertiary/aromatic N) is 1. The Kier molecular flexibility index (Phi) is 5.61. The lowest BCUT2D eigenvalue weighted by atomic mass is 9.94. The summed E-state index contributed by atoms with van der Waals surface area (Å²) >= 11 is 3.37. The van der Waals surface area contributed by atoms with E-state index in [2.05, 4.69) is 15.9 Å². The van der Waals surface area contributed by atoms with Crippen LogP contribution in [-0.4, -0.2) is 41.6 Å². The monoisotopic (exact) mass is 355 g/mol. The van der Waals surface area contributed by atoms with E-state index >= 15 is 0 Å². The first-order valence-electron chi connectivity index (χ1n) is 6.93. The Bertz CT molecular complexity index is 512. The molecule has 1 aromatic carbocycles. The number of hydrogen-bond donors (Lipinski definition) is 1. The average Bonchev–Trinajstić information content (AvgIpc) is 2.46. The molecule has 0 saturated carbocycles. The van der Waals surface area contributed by atoms with E-state index in [-0.39, 0.29) is 24.9 Å². The third kappa shape index (κ3) is 4.74. The zero-order valence-electron chi connectivity index (χ0n) is 11.6. The number of ether oxygens (including phenoxy) is 1. The van der Waals surface area contributed by atoms with Crippen molar-refractivity contribution in [2.75, 3.05) is 19.7 Å². The second-order valence-corrected chi connectivity index (χ2v) is 6.00. The van der Waals surface area contributed by atoms with Crippen LogP contribution in [0.2, 0.25) is 0 Å². The van der Waals surface area contributed by atoms with Gasteiger partial charge in [0.2, 0.25) is 0 Å². The van der Waals surface area contributed by atoms with Gasteiger partial charge in [0.05, 0.1) is 4.47 Å². The van der Waals surface area contributed by atoms with Gasteiger partial charge in [0, 0.05) is 19.5 Å². The lowest BCUT2D eigenvalue weighted by Crippen LogP contribution is -2.41. The molecule has 1 aliphatic heterocycles. The summed E-state index contributed by atoms with van der Waals surface area (Å²) in [5.41, 5.74) is 0. The molecule has 6 heteroatoms. The number of halogens is 1. The quantitative estimate of drug-likeness (QED) is 0.881. The Morgan fingerprint density at radius 3 is 2.57 bits per heavy atom. The molecule has 1 heterocycles. The van der Waals surface area contributed by atoms with E-state index in [1.54, 1.807) is 11.0 Å². The molecule has 1 saturated heterocycles. The van der Waals surface area contributed by atoms with Crippen molar-refractivity contribution in [2.45, 2.75) is 19.3 Å². The van der Waals surface area contributed by atoms with E-state index in [4.69, 9.17) is 9.84 Å². The maximum Gasteiger partial charge on any atom is 0.303 e. The minimum Gasteiger partial charge on any atom is -0.483 e. The number of amides is 1. The summed E-state index contributed by atoms with van der Waals surface area (Å²) in [5.74, 6) is -0.00100. The molecule has 21 heavy (non-hydrogen) atoms. The van der Waals surface area contributed by atoms with Gasteiger partial charge in [0.1, 0.15) is 5.75 Å². The number of para-hydroxylation sites is 1. The number of likely N-dealkylation sites (tertiary alicyclic amines) is 1. The second-order valence-electron chi connectivity index (χ2n) is 5.14. The summed E-state index contributed by atoms with van der Waals surface area (Å²) in [4.78, 5) is 24.5. The highest BCUT2D eigenvalue weighted by molar-refractivity contribution is 9.10. The number of benzene rings is 1. The predicted molar refractivity (Wildman–Crippen MR) is 81.2 cm³/mol. The molecule has 0 radical (unpaired) electrons. The van der Waals surface area contributed by atoms with E-state index in [0.717, 1.165) is 17.3 Å². The lowest BCUT2D eigenvalue weighted by molar-refractivity contribution is -0.139. The predicted octanol–water partition coefficient (Wildman–Crippen LogP) is 2.54. The molecule has 0 atom stereocenters. The van der Waals surface area contributed by atoms with Crippen LogP contribution >= 0.6 is 15.9 Å². The Hall–Kier alpha value is -1.56. The second kappa shape index (κ2) is 7.45. The molecule has 1 fully saturated rings. The molecule has 0 unspecified atom stereocenters.